The first-order chi connectivity index (χ1) is 11.9. The molecule has 2 rings (SSSR count). The molecule has 0 N–H and O–H groups in total. The van der Waals surface area contributed by atoms with Gasteiger partial charge < -0.3 is 9.80 Å². The maximum atomic E-state index is 12.6. The summed E-state index contributed by atoms with van der Waals surface area (Å²) >= 11 is 0. The fraction of sp³-hybridized carbons (Fsp3) is 0.667. The third-order valence-electron chi connectivity index (χ3n) is 4.53. The highest BCUT2D eigenvalue weighted by atomic mass is 19.4. The second-order valence-electron chi connectivity index (χ2n) is 6.43. The van der Waals surface area contributed by atoms with Crippen LogP contribution in [-0.2, 0) is 11.0 Å². The van der Waals surface area contributed by atoms with Crippen LogP contribution in [0, 0.1) is 0 Å². The van der Waals surface area contributed by atoms with Crippen LogP contribution in [0.5, 0.6) is 0 Å². The molecule has 1 aromatic heterocycles. The van der Waals surface area contributed by atoms with E-state index in [1.807, 2.05) is 9.80 Å². The van der Waals surface area contributed by atoms with Crippen LogP contribution in [0.4, 0.5) is 19.0 Å². The van der Waals surface area contributed by atoms with Crippen molar-refractivity contribution in [1.29, 1.82) is 0 Å². The molecule has 2 heterocycles. The number of hydrogen-bond acceptors (Lipinski definition) is 3. The average molecular weight is 357 g/mol. The van der Waals surface area contributed by atoms with Gasteiger partial charge in [-0.3, -0.25) is 4.79 Å². The Hall–Kier alpha value is -1.79. The maximum Gasteiger partial charge on any atom is 0.417 e. The molecule has 7 heteroatoms. The van der Waals surface area contributed by atoms with E-state index in [1.54, 1.807) is 0 Å². The maximum absolute atomic E-state index is 12.6. The molecular weight excluding hydrogens is 331 g/mol. The number of unbranched alkanes of at least 4 members (excludes halogenated alkanes) is 4. The van der Waals surface area contributed by atoms with Crippen LogP contribution in [0.1, 0.15) is 51.0 Å². The summed E-state index contributed by atoms with van der Waals surface area (Å²) in [4.78, 5) is 19.9. The van der Waals surface area contributed by atoms with Crippen LogP contribution in [0.25, 0.3) is 0 Å². The Morgan fingerprint density at radius 2 is 1.76 bits per heavy atom. The lowest BCUT2D eigenvalue weighted by Crippen LogP contribution is -2.49. The van der Waals surface area contributed by atoms with Crippen LogP contribution in [0.2, 0.25) is 0 Å². The molecule has 1 saturated heterocycles. The molecule has 1 aliphatic heterocycles. The van der Waals surface area contributed by atoms with Gasteiger partial charge in [-0.25, -0.2) is 4.98 Å². The van der Waals surface area contributed by atoms with E-state index in [2.05, 4.69) is 11.9 Å². The number of pyridine rings is 1. The van der Waals surface area contributed by atoms with Crippen LogP contribution in [-0.4, -0.2) is 42.0 Å². The van der Waals surface area contributed by atoms with Crippen LogP contribution in [0.3, 0.4) is 0 Å². The fourth-order valence-electron chi connectivity index (χ4n) is 2.96. The first-order valence-electron chi connectivity index (χ1n) is 8.98. The Balaban J connectivity index is 1.76. The van der Waals surface area contributed by atoms with E-state index in [-0.39, 0.29) is 5.91 Å². The number of aromatic nitrogens is 1. The first-order valence-corrected chi connectivity index (χ1v) is 8.98. The zero-order valence-corrected chi connectivity index (χ0v) is 14.7. The van der Waals surface area contributed by atoms with E-state index in [0.717, 1.165) is 25.1 Å². The second kappa shape index (κ2) is 9.06. The summed E-state index contributed by atoms with van der Waals surface area (Å²) in [6.45, 7) is 4.54. The predicted octanol–water partition coefficient (Wildman–Crippen LogP) is 4.11. The SMILES string of the molecule is CCCCCCCC(=O)N1CCN(c2ccc(C(F)(F)F)cn2)CC1. The van der Waals surface area contributed by atoms with Crippen molar-refractivity contribution in [1.82, 2.24) is 9.88 Å². The van der Waals surface area contributed by atoms with Gasteiger partial charge in [0.25, 0.3) is 0 Å². The van der Waals surface area contributed by atoms with E-state index in [0.29, 0.717) is 38.4 Å². The number of amides is 1. The third kappa shape index (κ3) is 5.90. The number of piperazine rings is 1. The Bertz CT molecular complexity index is 537. The standard InChI is InChI=1S/C18H26F3N3O/c1-2-3-4-5-6-7-17(25)24-12-10-23(11-13-24)16-9-8-15(14-22-16)18(19,20)21/h8-9,14H,2-7,10-13H2,1H3. The van der Waals surface area contributed by atoms with Crippen LogP contribution < -0.4 is 4.90 Å². The number of carbonyl (C=O) groups is 1. The van der Waals surface area contributed by atoms with Crippen molar-refractivity contribution in [3.8, 4) is 0 Å². The summed E-state index contributed by atoms with van der Waals surface area (Å²) in [5, 5.41) is 0. The average Bonchev–Trinajstić information content (AvgIpc) is 2.61. The quantitative estimate of drug-likeness (QED) is 0.689. The number of alkyl halides is 3. The topological polar surface area (TPSA) is 36.4 Å². The lowest BCUT2D eigenvalue weighted by atomic mass is 10.1. The third-order valence-corrected chi connectivity index (χ3v) is 4.53. The minimum Gasteiger partial charge on any atom is -0.353 e. The minimum atomic E-state index is -4.37. The molecule has 0 unspecified atom stereocenters. The second-order valence-corrected chi connectivity index (χ2v) is 6.43. The number of anilines is 1. The normalized spacial score (nSPS) is 15.5. The fourth-order valence-corrected chi connectivity index (χ4v) is 2.96. The molecule has 0 bridgehead atoms. The summed E-state index contributed by atoms with van der Waals surface area (Å²) in [6.07, 6.45) is 2.69. The molecule has 0 aromatic carbocycles. The van der Waals surface area contributed by atoms with Crippen molar-refractivity contribution < 1.29 is 18.0 Å². The number of nitrogens with zero attached hydrogens (tertiary/aromatic N) is 3. The number of halogens is 3. The first kappa shape index (κ1) is 19.5. The van der Waals surface area contributed by atoms with E-state index < -0.39 is 11.7 Å². The highest BCUT2D eigenvalue weighted by Gasteiger charge is 2.31. The van der Waals surface area contributed by atoms with Gasteiger partial charge in [-0.2, -0.15) is 13.2 Å². The van der Waals surface area contributed by atoms with Gasteiger partial charge in [0.05, 0.1) is 5.56 Å². The summed E-state index contributed by atoms with van der Waals surface area (Å²) in [7, 11) is 0. The molecule has 1 aromatic rings. The molecule has 0 spiro atoms. The largest absolute Gasteiger partial charge is 0.417 e. The van der Waals surface area contributed by atoms with E-state index >= 15 is 0 Å². The summed E-state index contributed by atoms with van der Waals surface area (Å²) in [5.41, 5.74) is -0.742. The van der Waals surface area contributed by atoms with E-state index in [4.69, 9.17) is 0 Å². The molecule has 0 aliphatic carbocycles. The van der Waals surface area contributed by atoms with Crippen molar-refractivity contribution in [2.45, 2.75) is 51.6 Å². The van der Waals surface area contributed by atoms with Gasteiger partial charge in [0.2, 0.25) is 5.91 Å². The van der Waals surface area contributed by atoms with Crippen LogP contribution >= 0.6 is 0 Å². The molecule has 25 heavy (non-hydrogen) atoms. The Morgan fingerprint density at radius 3 is 2.32 bits per heavy atom. The Morgan fingerprint density at radius 1 is 1.08 bits per heavy atom. The summed E-state index contributed by atoms with van der Waals surface area (Å²) in [6, 6.07) is 2.45. The Labute approximate surface area is 147 Å². The molecule has 1 aliphatic rings. The number of hydrogen-bond donors (Lipinski definition) is 0. The molecule has 0 radical (unpaired) electrons. The van der Waals surface area contributed by atoms with Gasteiger partial charge in [-0.1, -0.05) is 32.6 Å². The molecule has 140 valence electrons. The highest BCUT2D eigenvalue weighted by molar-refractivity contribution is 5.76. The lowest BCUT2D eigenvalue weighted by molar-refractivity contribution is -0.137. The molecule has 0 saturated carbocycles. The zero-order chi connectivity index (χ0) is 18.3. The van der Waals surface area contributed by atoms with Crippen molar-refractivity contribution in [3.63, 3.8) is 0 Å². The van der Waals surface area contributed by atoms with Crippen molar-refractivity contribution in [2.75, 3.05) is 31.1 Å². The smallest absolute Gasteiger partial charge is 0.353 e. The van der Waals surface area contributed by atoms with Gasteiger partial charge in [0.15, 0.2) is 0 Å². The zero-order valence-electron chi connectivity index (χ0n) is 14.7. The highest BCUT2D eigenvalue weighted by Crippen LogP contribution is 2.29. The lowest BCUT2D eigenvalue weighted by Gasteiger charge is -2.35. The van der Waals surface area contributed by atoms with E-state index in [1.165, 1.54) is 25.3 Å². The summed E-state index contributed by atoms with van der Waals surface area (Å²) in [5.74, 6) is 0.705. The molecule has 0 atom stereocenters. The molecular formula is C18H26F3N3O. The monoisotopic (exact) mass is 357 g/mol. The van der Waals surface area contributed by atoms with Gasteiger partial charge in [0.1, 0.15) is 5.82 Å². The number of carbonyl (C=O) groups excluding carboxylic acids is 1. The van der Waals surface area contributed by atoms with Gasteiger partial charge in [0, 0.05) is 38.8 Å². The van der Waals surface area contributed by atoms with Gasteiger partial charge >= 0.3 is 6.18 Å². The van der Waals surface area contributed by atoms with Crippen LogP contribution in [0.15, 0.2) is 18.3 Å². The molecule has 1 fully saturated rings. The van der Waals surface area contributed by atoms with Gasteiger partial charge in [-0.15, -0.1) is 0 Å². The molecule has 4 nitrogen and oxygen atoms in total. The number of rotatable bonds is 7. The van der Waals surface area contributed by atoms with E-state index in [9.17, 15) is 18.0 Å². The Kier molecular flexibility index (Phi) is 7.08. The van der Waals surface area contributed by atoms with Crippen molar-refractivity contribution >= 4 is 11.7 Å². The van der Waals surface area contributed by atoms with Crippen molar-refractivity contribution in [2.24, 2.45) is 0 Å². The minimum absolute atomic E-state index is 0.177. The van der Waals surface area contributed by atoms with Crippen molar-refractivity contribution in [3.05, 3.63) is 23.9 Å². The molecule has 1 amide bonds. The van der Waals surface area contributed by atoms with Gasteiger partial charge in [-0.05, 0) is 18.6 Å². The predicted molar refractivity (Wildman–Crippen MR) is 91.4 cm³/mol. The summed E-state index contributed by atoms with van der Waals surface area (Å²) < 4.78 is 37.7.